The van der Waals surface area contributed by atoms with Gasteiger partial charge in [-0.25, -0.2) is 0 Å². The molecule has 110 valence electrons. The van der Waals surface area contributed by atoms with Crippen LogP contribution in [0.25, 0.3) is 39.5 Å². The van der Waals surface area contributed by atoms with E-state index in [1.807, 2.05) is 47.0 Å². The first kappa shape index (κ1) is 12.0. The van der Waals surface area contributed by atoms with E-state index in [9.17, 15) is 0 Å². The molecule has 1 aromatic carbocycles. The first-order chi connectivity index (χ1) is 11.4. The van der Waals surface area contributed by atoms with Gasteiger partial charge in [-0.2, -0.15) is 10.1 Å². The highest BCUT2D eigenvalue weighted by Gasteiger charge is 2.16. The lowest BCUT2D eigenvalue weighted by Crippen LogP contribution is -1.86. The molecule has 0 aliphatic heterocycles. The van der Waals surface area contributed by atoms with Crippen molar-refractivity contribution < 1.29 is 4.52 Å². The van der Waals surface area contributed by atoms with Crippen molar-refractivity contribution in [3.05, 3.63) is 48.9 Å². The molecule has 0 aliphatic rings. The molecule has 0 amide bonds. The standard InChI is InChI=1S/C15H9N7O/c1-2-4-11-10(3-1)13(20-18-11)15-17-14(21-23-15)9-5-6-22-8-16-19-12(22)7-9/h1-8H,(H,18,20). The molecular weight excluding hydrogens is 294 g/mol. The number of para-hydroxylation sites is 1. The van der Waals surface area contributed by atoms with E-state index in [0.717, 1.165) is 22.1 Å². The van der Waals surface area contributed by atoms with Crippen LogP contribution in [0.2, 0.25) is 0 Å². The predicted molar refractivity (Wildman–Crippen MR) is 81.4 cm³/mol. The highest BCUT2D eigenvalue weighted by molar-refractivity contribution is 5.90. The van der Waals surface area contributed by atoms with Crippen LogP contribution in [-0.2, 0) is 0 Å². The molecule has 8 heteroatoms. The lowest BCUT2D eigenvalue weighted by Gasteiger charge is -1.94. The second-order valence-electron chi connectivity index (χ2n) is 5.05. The molecule has 0 fully saturated rings. The summed E-state index contributed by atoms with van der Waals surface area (Å²) in [5, 5.41) is 20.1. The van der Waals surface area contributed by atoms with Crippen molar-refractivity contribution in [2.45, 2.75) is 0 Å². The summed E-state index contributed by atoms with van der Waals surface area (Å²) in [5.74, 6) is 0.858. The van der Waals surface area contributed by atoms with E-state index in [0.29, 0.717) is 17.4 Å². The summed E-state index contributed by atoms with van der Waals surface area (Å²) in [7, 11) is 0. The molecular formula is C15H9N7O. The van der Waals surface area contributed by atoms with Crippen LogP contribution in [0.5, 0.6) is 0 Å². The quantitative estimate of drug-likeness (QED) is 0.537. The van der Waals surface area contributed by atoms with Gasteiger partial charge in [0, 0.05) is 17.1 Å². The number of pyridine rings is 1. The Labute approximate surface area is 128 Å². The zero-order valence-electron chi connectivity index (χ0n) is 11.7. The lowest BCUT2D eigenvalue weighted by atomic mass is 10.2. The summed E-state index contributed by atoms with van der Waals surface area (Å²) < 4.78 is 7.19. The fraction of sp³-hybridized carbons (Fsp3) is 0. The monoisotopic (exact) mass is 303 g/mol. The number of H-pyrrole nitrogens is 1. The lowest BCUT2D eigenvalue weighted by molar-refractivity contribution is 0.431. The van der Waals surface area contributed by atoms with Gasteiger partial charge in [-0.05, 0) is 18.2 Å². The Hall–Kier alpha value is -3.55. The predicted octanol–water partition coefficient (Wildman–Crippen LogP) is 2.32. The van der Waals surface area contributed by atoms with Crippen LogP contribution in [0.4, 0.5) is 0 Å². The molecule has 0 spiro atoms. The van der Waals surface area contributed by atoms with E-state index in [-0.39, 0.29) is 0 Å². The molecule has 1 N–H and O–H groups in total. The summed E-state index contributed by atoms with van der Waals surface area (Å²) in [4.78, 5) is 4.45. The second-order valence-corrected chi connectivity index (χ2v) is 5.05. The molecule has 0 unspecified atom stereocenters. The van der Waals surface area contributed by atoms with Crippen molar-refractivity contribution in [3.63, 3.8) is 0 Å². The molecule has 4 heterocycles. The minimum absolute atomic E-state index is 0.374. The van der Waals surface area contributed by atoms with Gasteiger partial charge in [0.15, 0.2) is 11.3 Å². The number of benzene rings is 1. The molecule has 5 rings (SSSR count). The molecule has 8 nitrogen and oxygen atoms in total. The molecule has 0 saturated carbocycles. The van der Waals surface area contributed by atoms with E-state index < -0.39 is 0 Å². The van der Waals surface area contributed by atoms with Crippen LogP contribution in [0, 0.1) is 0 Å². The molecule has 23 heavy (non-hydrogen) atoms. The summed E-state index contributed by atoms with van der Waals surface area (Å²) in [6.45, 7) is 0. The summed E-state index contributed by atoms with van der Waals surface area (Å²) in [5.41, 5.74) is 3.09. The first-order valence-electron chi connectivity index (χ1n) is 6.95. The minimum atomic E-state index is 0.374. The smallest absolute Gasteiger partial charge is 0.279 e. The SMILES string of the molecule is c1ccc2c(-c3nc(-c4ccn5cnnc5c4)no3)n[nH]c2c1. The third-order valence-corrected chi connectivity index (χ3v) is 3.66. The van der Waals surface area contributed by atoms with Gasteiger partial charge < -0.3 is 4.52 Å². The van der Waals surface area contributed by atoms with Gasteiger partial charge in [-0.15, -0.1) is 10.2 Å². The third-order valence-electron chi connectivity index (χ3n) is 3.66. The largest absolute Gasteiger partial charge is 0.332 e. The number of nitrogens with zero attached hydrogens (tertiary/aromatic N) is 6. The Morgan fingerprint density at radius 3 is 3.09 bits per heavy atom. The number of hydrogen-bond donors (Lipinski definition) is 1. The van der Waals surface area contributed by atoms with Crippen molar-refractivity contribution in [1.29, 1.82) is 0 Å². The molecule has 0 bridgehead atoms. The molecule has 0 saturated heterocycles. The Kier molecular flexibility index (Phi) is 2.34. The number of aromatic amines is 1. The number of hydrogen-bond acceptors (Lipinski definition) is 6. The highest BCUT2D eigenvalue weighted by Crippen LogP contribution is 2.26. The van der Waals surface area contributed by atoms with Crippen LogP contribution in [-0.4, -0.2) is 34.9 Å². The van der Waals surface area contributed by atoms with E-state index in [2.05, 4.69) is 30.5 Å². The van der Waals surface area contributed by atoms with E-state index >= 15 is 0 Å². The Bertz CT molecular complexity index is 1140. The van der Waals surface area contributed by atoms with Crippen molar-refractivity contribution in [2.24, 2.45) is 0 Å². The average molecular weight is 303 g/mol. The van der Waals surface area contributed by atoms with Crippen molar-refractivity contribution >= 4 is 16.6 Å². The maximum absolute atomic E-state index is 5.38. The zero-order chi connectivity index (χ0) is 15.2. The van der Waals surface area contributed by atoms with Crippen molar-refractivity contribution in [1.82, 2.24) is 34.9 Å². The van der Waals surface area contributed by atoms with Gasteiger partial charge in [0.2, 0.25) is 5.82 Å². The Balaban J connectivity index is 1.62. The maximum atomic E-state index is 5.38. The van der Waals surface area contributed by atoms with Gasteiger partial charge in [0.1, 0.15) is 6.33 Å². The van der Waals surface area contributed by atoms with Crippen LogP contribution in [0.3, 0.4) is 0 Å². The molecule has 4 aromatic heterocycles. The zero-order valence-corrected chi connectivity index (χ0v) is 11.7. The molecule has 0 radical (unpaired) electrons. The van der Waals surface area contributed by atoms with Gasteiger partial charge in [0.05, 0.1) is 5.52 Å². The molecule has 5 aromatic rings. The normalized spacial score (nSPS) is 11.5. The fourth-order valence-electron chi connectivity index (χ4n) is 2.52. The van der Waals surface area contributed by atoms with Crippen molar-refractivity contribution in [3.8, 4) is 23.0 Å². The van der Waals surface area contributed by atoms with E-state index in [1.54, 1.807) is 6.33 Å². The van der Waals surface area contributed by atoms with Crippen LogP contribution >= 0.6 is 0 Å². The number of aromatic nitrogens is 7. The summed E-state index contributed by atoms with van der Waals surface area (Å²) in [6.07, 6.45) is 3.49. The third kappa shape index (κ3) is 1.81. The Morgan fingerprint density at radius 2 is 2.09 bits per heavy atom. The number of fused-ring (bicyclic) bond motifs is 2. The molecule has 0 aliphatic carbocycles. The summed E-state index contributed by atoms with van der Waals surface area (Å²) >= 11 is 0. The van der Waals surface area contributed by atoms with Gasteiger partial charge >= 0.3 is 0 Å². The molecule has 0 atom stereocenters. The second kappa shape index (κ2) is 4.47. The van der Waals surface area contributed by atoms with Crippen molar-refractivity contribution in [2.75, 3.05) is 0 Å². The number of nitrogens with one attached hydrogen (secondary N) is 1. The van der Waals surface area contributed by atoms with Crippen LogP contribution in [0.15, 0.2) is 53.4 Å². The van der Waals surface area contributed by atoms with Gasteiger partial charge in [-0.1, -0.05) is 23.4 Å². The van der Waals surface area contributed by atoms with E-state index in [1.165, 1.54) is 0 Å². The van der Waals surface area contributed by atoms with Gasteiger partial charge in [-0.3, -0.25) is 9.50 Å². The fourth-order valence-corrected chi connectivity index (χ4v) is 2.52. The maximum Gasteiger partial charge on any atom is 0.279 e. The first-order valence-corrected chi connectivity index (χ1v) is 6.95. The highest BCUT2D eigenvalue weighted by atomic mass is 16.5. The van der Waals surface area contributed by atoms with Crippen LogP contribution in [0.1, 0.15) is 0 Å². The summed E-state index contributed by atoms with van der Waals surface area (Å²) in [6, 6.07) is 11.5. The van der Waals surface area contributed by atoms with Gasteiger partial charge in [0.25, 0.3) is 5.89 Å². The topological polar surface area (TPSA) is 97.8 Å². The minimum Gasteiger partial charge on any atom is -0.332 e. The van der Waals surface area contributed by atoms with E-state index in [4.69, 9.17) is 4.52 Å². The average Bonchev–Trinajstić information content (AvgIpc) is 3.32. The van der Waals surface area contributed by atoms with Crippen LogP contribution < -0.4 is 0 Å². The number of rotatable bonds is 2. The Morgan fingerprint density at radius 1 is 1.13 bits per heavy atom.